The fourth-order valence-electron chi connectivity index (χ4n) is 0.552. The molecule has 0 fully saturated rings. The quantitative estimate of drug-likeness (QED) is 0.445. The van der Waals surface area contributed by atoms with Crippen molar-refractivity contribution >= 4 is 11.6 Å². The molecule has 0 aromatic heterocycles. The van der Waals surface area contributed by atoms with Crippen LogP contribution >= 0.6 is 0 Å². The first-order valence-corrected chi connectivity index (χ1v) is 4.49. The van der Waals surface area contributed by atoms with Crippen molar-refractivity contribution in [3.8, 4) is 0 Å². The van der Waals surface area contributed by atoms with Crippen LogP contribution in [0.2, 0.25) is 0 Å². The summed E-state index contributed by atoms with van der Waals surface area (Å²) in [5.41, 5.74) is -0.915. The largest absolute Gasteiger partial charge is 1.00 e. The Bertz CT molecular complexity index is 194. The SMILES string of the molecule is CC(C)(C)C(=O)[CH-]C(=O)C(C)(C)C.[Ag+]. The Morgan fingerprint density at radius 3 is 1.14 bits per heavy atom. The number of hydrogen-bond acceptors (Lipinski definition) is 2. The molecule has 0 aliphatic carbocycles. The van der Waals surface area contributed by atoms with Crippen molar-refractivity contribution < 1.29 is 32.0 Å². The summed E-state index contributed by atoms with van der Waals surface area (Å²) in [5.74, 6) is -0.208. The second-order valence-electron chi connectivity index (χ2n) is 5.37. The van der Waals surface area contributed by atoms with E-state index in [9.17, 15) is 9.59 Å². The van der Waals surface area contributed by atoms with Crippen molar-refractivity contribution in [1.29, 1.82) is 0 Å². The van der Waals surface area contributed by atoms with Crippen LogP contribution in [-0.2, 0) is 32.0 Å². The first-order valence-electron chi connectivity index (χ1n) is 4.49. The molecule has 0 aromatic carbocycles. The minimum Gasteiger partial charge on any atom is -0.333 e. The van der Waals surface area contributed by atoms with E-state index in [0.29, 0.717) is 0 Å². The van der Waals surface area contributed by atoms with Crippen molar-refractivity contribution in [1.82, 2.24) is 0 Å². The molecule has 0 amide bonds. The third-order valence-electron chi connectivity index (χ3n) is 1.74. The summed E-state index contributed by atoms with van der Waals surface area (Å²) < 4.78 is 0. The second kappa shape index (κ2) is 5.15. The molecular weight excluding hydrogens is 272 g/mol. The van der Waals surface area contributed by atoms with Crippen LogP contribution in [0.15, 0.2) is 0 Å². The maximum Gasteiger partial charge on any atom is 1.00 e. The van der Waals surface area contributed by atoms with Gasteiger partial charge in [0.05, 0.1) is 0 Å². The fraction of sp³-hybridized carbons (Fsp3) is 0.727. The molecule has 0 aliphatic heterocycles. The van der Waals surface area contributed by atoms with Gasteiger partial charge >= 0.3 is 22.4 Å². The van der Waals surface area contributed by atoms with E-state index in [1.54, 1.807) is 0 Å². The Balaban J connectivity index is 0. The zero-order chi connectivity index (χ0) is 10.9. The smallest absolute Gasteiger partial charge is 0.333 e. The summed E-state index contributed by atoms with van der Waals surface area (Å²) in [4.78, 5) is 22.9. The van der Waals surface area contributed by atoms with Gasteiger partial charge < -0.3 is 9.59 Å². The predicted octanol–water partition coefficient (Wildman–Crippen LogP) is 2.42. The molecule has 0 aliphatic rings. The monoisotopic (exact) mass is 290 g/mol. The average molecular weight is 291 g/mol. The van der Waals surface area contributed by atoms with Gasteiger partial charge in [0.25, 0.3) is 0 Å². The van der Waals surface area contributed by atoms with Crippen LogP contribution in [0.1, 0.15) is 41.5 Å². The van der Waals surface area contributed by atoms with Gasteiger partial charge in [-0.3, -0.25) is 6.42 Å². The molecule has 3 heteroatoms. The molecule has 0 saturated heterocycles. The third-order valence-corrected chi connectivity index (χ3v) is 1.74. The molecule has 86 valence electrons. The zero-order valence-electron chi connectivity index (χ0n) is 9.70. The van der Waals surface area contributed by atoms with Gasteiger partial charge in [0.2, 0.25) is 0 Å². The van der Waals surface area contributed by atoms with E-state index in [0.717, 1.165) is 0 Å². The van der Waals surface area contributed by atoms with Gasteiger partial charge in [0.1, 0.15) is 0 Å². The summed E-state index contributed by atoms with van der Waals surface area (Å²) in [7, 11) is 0. The van der Waals surface area contributed by atoms with E-state index in [2.05, 4.69) is 0 Å². The van der Waals surface area contributed by atoms with Gasteiger partial charge in [-0.15, -0.1) is 0 Å². The molecule has 0 N–H and O–H groups in total. The normalized spacial score (nSPS) is 11.6. The van der Waals surface area contributed by atoms with E-state index < -0.39 is 10.8 Å². The molecule has 14 heavy (non-hydrogen) atoms. The maximum atomic E-state index is 11.4. The summed E-state index contributed by atoms with van der Waals surface area (Å²) in [6, 6.07) is 0. The molecule has 0 spiro atoms. The number of ketones is 2. The Morgan fingerprint density at radius 1 is 0.786 bits per heavy atom. The standard InChI is InChI=1S/C11H19O2.Ag/c1-10(2,3)8(12)7-9(13)11(4,5)6;/h7H,1-6H3;/q-1;+1. The van der Waals surface area contributed by atoms with E-state index in [1.807, 2.05) is 41.5 Å². The second-order valence-corrected chi connectivity index (χ2v) is 5.37. The number of rotatable bonds is 2. The molecule has 2 nitrogen and oxygen atoms in total. The van der Waals surface area contributed by atoms with Crippen LogP contribution in [-0.4, -0.2) is 11.6 Å². The van der Waals surface area contributed by atoms with Crippen LogP contribution in [0, 0.1) is 17.3 Å². The zero-order valence-corrected chi connectivity index (χ0v) is 11.2. The van der Waals surface area contributed by atoms with Crippen molar-refractivity contribution in [2.24, 2.45) is 10.8 Å². The van der Waals surface area contributed by atoms with Gasteiger partial charge in [-0.2, -0.15) is 0 Å². The Labute approximate surface area is 102 Å². The van der Waals surface area contributed by atoms with E-state index >= 15 is 0 Å². The van der Waals surface area contributed by atoms with Crippen molar-refractivity contribution in [3.05, 3.63) is 6.42 Å². The number of carbonyl (C=O) groups excluding carboxylic acids is 2. The first-order chi connectivity index (χ1) is 5.55. The molecule has 0 aromatic rings. The average Bonchev–Trinajstić information content (AvgIpc) is 1.82. The van der Waals surface area contributed by atoms with Crippen LogP contribution in [0.25, 0.3) is 0 Å². The summed E-state index contributed by atoms with van der Waals surface area (Å²) in [5, 5.41) is 0. The van der Waals surface area contributed by atoms with Crippen molar-refractivity contribution in [2.75, 3.05) is 0 Å². The molecule has 0 saturated carbocycles. The minimum atomic E-state index is -0.457. The first kappa shape index (κ1) is 16.4. The number of carbonyl (C=O) groups is 2. The van der Waals surface area contributed by atoms with Gasteiger partial charge in [0, 0.05) is 11.6 Å². The van der Waals surface area contributed by atoms with E-state index in [-0.39, 0.29) is 33.9 Å². The van der Waals surface area contributed by atoms with E-state index in [1.165, 1.54) is 6.42 Å². The number of hydrogen-bond donors (Lipinski definition) is 0. The van der Waals surface area contributed by atoms with Gasteiger partial charge in [-0.05, 0) is 10.8 Å². The molecule has 0 atom stereocenters. The molecule has 0 radical (unpaired) electrons. The van der Waals surface area contributed by atoms with Gasteiger partial charge in [-0.25, -0.2) is 0 Å². The van der Waals surface area contributed by atoms with Crippen molar-refractivity contribution in [2.45, 2.75) is 41.5 Å². The predicted molar refractivity (Wildman–Crippen MR) is 53.2 cm³/mol. The summed E-state index contributed by atoms with van der Waals surface area (Å²) >= 11 is 0. The van der Waals surface area contributed by atoms with Crippen LogP contribution in [0.4, 0.5) is 0 Å². The van der Waals surface area contributed by atoms with Crippen LogP contribution in [0.5, 0.6) is 0 Å². The third kappa shape index (κ3) is 5.63. The molecular formula is C11H19AgO2. The van der Waals surface area contributed by atoms with Gasteiger partial charge in [-0.1, -0.05) is 41.5 Å². The maximum absolute atomic E-state index is 11.4. The van der Waals surface area contributed by atoms with Gasteiger partial charge in [0.15, 0.2) is 0 Å². The van der Waals surface area contributed by atoms with Crippen LogP contribution < -0.4 is 0 Å². The molecule has 0 rings (SSSR count). The molecule has 0 heterocycles. The topological polar surface area (TPSA) is 34.1 Å². The summed E-state index contributed by atoms with van der Waals surface area (Å²) in [6.07, 6.45) is 1.22. The van der Waals surface area contributed by atoms with Crippen LogP contribution in [0.3, 0.4) is 0 Å². The Kier molecular flexibility index (Phi) is 6.03. The number of Topliss-reactive ketones (excluding diaryl/α,β-unsaturated/α-hetero) is 2. The van der Waals surface area contributed by atoms with E-state index in [4.69, 9.17) is 0 Å². The Morgan fingerprint density at radius 2 is 1.00 bits per heavy atom. The summed E-state index contributed by atoms with van der Waals surface area (Å²) in [6.45, 7) is 10.8. The van der Waals surface area contributed by atoms with Crippen molar-refractivity contribution in [3.63, 3.8) is 0 Å². The fourth-order valence-corrected chi connectivity index (χ4v) is 0.552. The minimum absolute atomic E-state index is 0. The molecule has 0 bridgehead atoms. The Hall–Kier alpha value is -0.0497. The molecule has 0 unspecified atom stereocenters.